The second kappa shape index (κ2) is 10.4. The van der Waals surface area contributed by atoms with Gasteiger partial charge >= 0.3 is 0 Å². The Morgan fingerprint density at radius 3 is 2.16 bits per heavy atom. The normalized spacial score (nSPS) is 13.9. The molecule has 2 aromatic rings. The Kier molecular flexibility index (Phi) is 8.21. The number of hydrogen-bond acceptors (Lipinski definition) is 2. The summed E-state index contributed by atoms with van der Waals surface area (Å²) in [5.41, 5.74) is 3.63. The van der Waals surface area contributed by atoms with Crippen molar-refractivity contribution >= 4 is 29.9 Å². The lowest BCUT2D eigenvalue weighted by atomic mass is 10.1. The van der Waals surface area contributed by atoms with Gasteiger partial charge in [0.25, 0.3) is 0 Å². The van der Waals surface area contributed by atoms with E-state index in [0.717, 1.165) is 12.5 Å². The number of halogens is 1. The van der Waals surface area contributed by atoms with Gasteiger partial charge in [-0.1, -0.05) is 54.6 Å². The molecule has 0 aromatic heterocycles. The minimum absolute atomic E-state index is 0. The summed E-state index contributed by atoms with van der Waals surface area (Å²) >= 11 is 0. The van der Waals surface area contributed by atoms with Crippen LogP contribution in [0.3, 0.4) is 0 Å². The van der Waals surface area contributed by atoms with Crippen LogP contribution in [-0.4, -0.2) is 19.0 Å². The van der Waals surface area contributed by atoms with Crippen molar-refractivity contribution in [1.82, 2.24) is 10.6 Å². The van der Waals surface area contributed by atoms with E-state index in [0.29, 0.717) is 19.3 Å². The molecule has 1 fully saturated rings. The Labute approximate surface area is 167 Å². The number of aliphatic imine (C=N–C) groups is 1. The van der Waals surface area contributed by atoms with Gasteiger partial charge < -0.3 is 15.4 Å². The molecule has 134 valence electrons. The van der Waals surface area contributed by atoms with E-state index in [1.54, 1.807) is 0 Å². The van der Waals surface area contributed by atoms with Crippen molar-refractivity contribution in [3.8, 4) is 0 Å². The van der Waals surface area contributed by atoms with E-state index in [-0.39, 0.29) is 24.0 Å². The molecule has 0 aliphatic heterocycles. The van der Waals surface area contributed by atoms with E-state index in [4.69, 9.17) is 4.74 Å². The molecule has 0 unspecified atom stereocenters. The van der Waals surface area contributed by atoms with Crippen molar-refractivity contribution in [3.63, 3.8) is 0 Å². The summed E-state index contributed by atoms with van der Waals surface area (Å²) < 4.78 is 5.77. The summed E-state index contributed by atoms with van der Waals surface area (Å²) in [6, 6.07) is 19.4. The zero-order valence-electron chi connectivity index (χ0n) is 14.6. The van der Waals surface area contributed by atoms with Gasteiger partial charge in [-0.15, -0.1) is 24.0 Å². The molecule has 0 spiro atoms. The molecule has 0 atom stereocenters. The van der Waals surface area contributed by atoms with E-state index >= 15 is 0 Å². The topological polar surface area (TPSA) is 45.7 Å². The molecule has 0 heterocycles. The molecule has 2 N–H and O–H groups in total. The molecule has 2 aromatic carbocycles. The number of guanidine groups is 1. The third kappa shape index (κ3) is 7.04. The Hall–Kier alpha value is -1.60. The SMILES string of the molecule is CN=C(NCc1ccc(COCc2ccccc2)cc1)NC1CC1.I. The van der Waals surface area contributed by atoms with Crippen LogP contribution >= 0.6 is 24.0 Å². The molecule has 0 saturated heterocycles. The Bertz CT molecular complexity index is 654. The highest BCUT2D eigenvalue weighted by molar-refractivity contribution is 14.0. The zero-order valence-corrected chi connectivity index (χ0v) is 16.9. The molecular weight excluding hydrogens is 425 g/mol. The summed E-state index contributed by atoms with van der Waals surface area (Å²) in [6.45, 7) is 2.05. The third-order valence-electron chi connectivity index (χ3n) is 4.01. The van der Waals surface area contributed by atoms with Gasteiger partial charge in [0.2, 0.25) is 0 Å². The minimum atomic E-state index is 0. The first-order chi connectivity index (χ1) is 11.8. The summed E-state index contributed by atoms with van der Waals surface area (Å²) in [6.07, 6.45) is 2.50. The fourth-order valence-electron chi connectivity index (χ4n) is 2.42. The summed E-state index contributed by atoms with van der Waals surface area (Å²) in [5, 5.41) is 6.73. The zero-order chi connectivity index (χ0) is 16.6. The molecule has 1 saturated carbocycles. The standard InChI is InChI=1S/C20H25N3O.HI/c1-21-20(23-19-11-12-19)22-13-16-7-9-18(10-8-16)15-24-14-17-5-3-2-4-6-17;/h2-10,19H,11-15H2,1H3,(H2,21,22,23);1H. The van der Waals surface area contributed by atoms with Gasteiger partial charge in [-0.25, -0.2) is 0 Å². The van der Waals surface area contributed by atoms with Crippen LogP contribution in [0.5, 0.6) is 0 Å². The monoisotopic (exact) mass is 451 g/mol. The van der Waals surface area contributed by atoms with Gasteiger partial charge in [0.1, 0.15) is 0 Å². The largest absolute Gasteiger partial charge is 0.372 e. The van der Waals surface area contributed by atoms with Crippen LogP contribution in [0, 0.1) is 0 Å². The highest BCUT2D eigenvalue weighted by Crippen LogP contribution is 2.18. The number of nitrogens with zero attached hydrogens (tertiary/aromatic N) is 1. The number of benzene rings is 2. The first kappa shape index (κ1) is 19.7. The highest BCUT2D eigenvalue weighted by atomic mass is 127. The molecule has 25 heavy (non-hydrogen) atoms. The van der Waals surface area contributed by atoms with Crippen molar-refractivity contribution in [2.75, 3.05) is 7.05 Å². The molecule has 4 nitrogen and oxygen atoms in total. The van der Waals surface area contributed by atoms with Gasteiger partial charge in [-0.3, -0.25) is 4.99 Å². The number of nitrogens with one attached hydrogen (secondary N) is 2. The lowest BCUT2D eigenvalue weighted by Crippen LogP contribution is -2.38. The van der Waals surface area contributed by atoms with Crippen molar-refractivity contribution in [3.05, 3.63) is 71.3 Å². The van der Waals surface area contributed by atoms with E-state index < -0.39 is 0 Å². The molecule has 1 aliphatic rings. The fourth-order valence-corrected chi connectivity index (χ4v) is 2.42. The van der Waals surface area contributed by atoms with Crippen molar-refractivity contribution in [2.24, 2.45) is 4.99 Å². The van der Waals surface area contributed by atoms with Crippen LogP contribution in [-0.2, 0) is 24.5 Å². The molecular formula is C20H26IN3O. The lowest BCUT2D eigenvalue weighted by molar-refractivity contribution is 0.107. The number of rotatable bonds is 7. The quantitative estimate of drug-likeness (QED) is 0.382. The van der Waals surface area contributed by atoms with Crippen LogP contribution in [0.15, 0.2) is 59.6 Å². The summed E-state index contributed by atoms with van der Waals surface area (Å²) in [4.78, 5) is 4.24. The van der Waals surface area contributed by atoms with Crippen molar-refractivity contribution in [1.29, 1.82) is 0 Å². The van der Waals surface area contributed by atoms with Crippen LogP contribution in [0.4, 0.5) is 0 Å². The van der Waals surface area contributed by atoms with Gasteiger partial charge in [-0.2, -0.15) is 0 Å². The number of hydrogen-bond donors (Lipinski definition) is 2. The van der Waals surface area contributed by atoms with Crippen LogP contribution in [0.25, 0.3) is 0 Å². The van der Waals surface area contributed by atoms with Crippen LogP contribution in [0.1, 0.15) is 29.5 Å². The van der Waals surface area contributed by atoms with E-state index in [1.165, 1.54) is 29.5 Å². The average molecular weight is 451 g/mol. The minimum Gasteiger partial charge on any atom is -0.372 e. The molecule has 0 amide bonds. The van der Waals surface area contributed by atoms with Gasteiger partial charge in [0, 0.05) is 19.6 Å². The molecule has 0 radical (unpaired) electrons. The van der Waals surface area contributed by atoms with Crippen LogP contribution < -0.4 is 10.6 Å². The summed E-state index contributed by atoms with van der Waals surface area (Å²) in [7, 11) is 1.81. The molecule has 0 bridgehead atoms. The molecule has 3 rings (SSSR count). The maximum atomic E-state index is 5.77. The third-order valence-corrected chi connectivity index (χ3v) is 4.01. The van der Waals surface area contributed by atoms with Crippen molar-refractivity contribution in [2.45, 2.75) is 38.6 Å². The van der Waals surface area contributed by atoms with Gasteiger partial charge in [0.15, 0.2) is 5.96 Å². The molecule has 5 heteroatoms. The van der Waals surface area contributed by atoms with Crippen molar-refractivity contribution < 1.29 is 4.74 Å². The first-order valence-electron chi connectivity index (χ1n) is 8.50. The molecule has 1 aliphatic carbocycles. The van der Waals surface area contributed by atoms with Crippen LogP contribution in [0.2, 0.25) is 0 Å². The average Bonchev–Trinajstić information content (AvgIpc) is 3.45. The summed E-state index contributed by atoms with van der Waals surface area (Å²) in [5.74, 6) is 0.882. The Morgan fingerprint density at radius 2 is 1.56 bits per heavy atom. The first-order valence-corrected chi connectivity index (χ1v) is 8.50. The second-order valence-electron chi connectivity index (χ2n) is 6.14. The van der Waals surface area contributed by atoms with Gasteiger partial charge in [-0.05, 0) is 29.5 Å². The lowest BCUT2D eigenvalue weighted by Gasteiger charge is -2.11. The second-order valence-corrected chi connectivity index (χ2v) is 6.14. The Morgan fingerprint density at radius 1 is 0.960 bits per heavy atom. The smallest absolute Gasteiger partial charge is 0.191 e. The maximum absolute atomic E-state index is 5.77. The van der Waals surface area contributed by atoms with E-state index in [2.05, 4.69) is 52.0 Å². The van der Waals surface area contributed by atoms with E-state index in [1.807, 2.05) is 25.2 Å². The predicted molar refractivity (Wildman–Crippen MR) is 113 cm³/mol. The highest BCUT2D eigenvalue weighted by Gasteiger charge is 2.21. The van der Waals surface area contributed by atoms with E-state index in [9.17, 15) is 0 Å². The Balaban J connectivity index is 0.00000225. The maximum Gasteiger partial charge on any atom is 0.191 e. The fraction of sp³-hybridized carbons (Fsp3) is 0.350. The predicted octanol–water partition coefficient (Wildman–Crippen LogP) is 3.85. The number of ether oxygens (including phenoxy) is 1. The van der Waals surface area contributed by atoms with Gasteiger partial charge in [0.05, 0.1) is 13.2 Å².